The van der Waals surface area contributed by atoms with Gasteiger partial charge < -0.3 is 14.5 Å². The van der Waals surface area contributed by atoms with Crippen molar-refractivity contribution in [2.75, 3.05) is 53.9 Å². The highest BCUT2D eigenvalue weighted by molar-refractivity contribution is 7.89. The van der Waals surface area contributed by atoms with Crippen molar-refractivity contribution in [1.82, 2.24) is 14.1 Å². The van der Waals surface area contributed by atoms with E-state index < -0.39 is 10.0 Å². The molecule has 8 heteroatoms. The van der Waals surface area contributed by atoms with Crippen LogP contribution >= 0.6 is 0 Å². The number of methoxy groups -OCH3 is 1. The van der Waals surface area contributed by atoms with Gasteiger partial charge in [-0.25, -0.2) is 12.7 Å². The van der Waals surface area contributed by atoms with Gasteiger partial charge in [-0.2, -0.15) is 0 Å². The third kappa shape index (κ3) is 6.08. The maximum atomic E-state index is 13.1. The monoisotopic (exact) mass is 479 g/mol. The number of nitrogens with zero attached hydrogens (tertiary/aromatic N) is 3. The van der Waals surface area contributed by atoms with Crippen molar-refractivity contribution in [2.45, 2.75) is 63.7 Å². The van der Waals surface area contributed by atoms with Crippen molar-refractivity contribution >= 4 is 15.9 Å². The summed E-state index contributed by atoms with van der Waals surface area (Å²) in [5, 5.41) is 0. The molecule has 1 spiro atoms. The second-order valence-electron chi connectivity index (χ2n) is 10.1. The minimum atomic E-state index is -3.56. The van der Waals surface area contributed by atoms with Gasteiger partial charge in [0.25, 0.3) is 0 Å². The molecule has 1 aromatic rings. The molecule has 0 aromatic heterocycles. The van der Waals surface area contributed by atoms with E-state index in [0.717, 1.165) is 45.2 Å². The van der Waals surface area contributed by atoms with E-state index in [4.69, 9.17) is 4.74 Å². The molecule has 186 valence electrons. The number of ether oxygens (including phenoxy) is 1. The van der Waals surface area contributed by atoms with Crippen molar-refractivity contribution in [2.24, 2.45) is 5.41 Å². The van der Waals surface area contributed by atoms with E-state index in [9.17, 15) is 13.2 Å². The number of sulfonamides is 1. The van der Waals surface area contributed by atoms with Crippen LogP contribution < -0.4 is 4.74 Å². The van der Waals surface area contributed by atoms with Crippen molar-refractivity contribution in [3.8, 4) is 5.75 Å². The molecule has 2 saturated heterocycles. The summed E-state index contributed by atoms with van der Waals surface area (Å²) in [7, 11) is 1.84. The van der Waals surface area contributed by atoms with Gasteiger partial charge in [-0.1, -0.05) is 6.42 Å². The number of hydrogen-bond acceptors (Lipinski definition) is 5. The lowest BCUT2D eigenvalue weighted by molar-refractivity contribution is -0.133. The fraction of sp³-hybridized carbons (Fsp3) is 0.720. The number of likely N-dealkylation sites (tertiary alicyclic amines) is 2. The minimum Gasteiger partial charge on any atom is -0.497 e. The molecule has 33 heavy (non-hydrogen) atoms. The molecule has 0 radical (unpaired) electrons. The fourth-order valence-corrected chi connectivity index (χ4v) is 7.07. The van der Waals surface area contributed by atoms with E-state index in [1.807, 2.05) is 4.90 Å². The number of piperidine rings is 1. The zero-order valence-electron chi connectivity index (χ0n) is 21.0. The zero-order chi connectivity index (χ0) is 24.2. The summed E-state index contributed by atoms with van der Waals surface area (Å²) in [6.45, 7) is 8.16. The predicted octanol–water partition coefficient (Wildman–Crippen LogP) is 3.44. The van der Waals surface area contributed by atoms with Gasteiger partial charge in [0.05, 0.1) is 12.0 Å². The molecule has 1 amide bonds. The van der Waals surface area contributed by atoms with Gasteiger partial charge in [0.15, 0.2) is 0 Å². The molecule has 0 bridgehead atoms. The Balaban J connectivity index is 1.41. The quantitative estimate of drug-likeness (QED) is 0.508. The molecule has 0 saturated carbocycles. The first kappa shape index (κ1) is 26.0. The maximum Gasteiger partial charge on any atom is 0.243 e. The van der Waals surface area contributed by atoms with Gasteiger partial charge >= 0.3 is 0 Å². The number of aryl methyl sites for hydroxylation is 2. The van der Waals surface area contributed by atoms with E-state index in [1.54, 1.807) is 40.1 Å². The number of carbonyl (C=O) groups is 1. The largest absolute Gasteiger partial charge is 0.497 e. The highest BCUT2D eigenvalue weighted by Crippen LogP contribution is 2.39. The van der Waals surface area contributed by atoms with Crippen LogP contribution in [0.25, 0.3) is 0 Å². The molecule has 0 aliphatic carbocycles. The van der Waals surface area contributed by atoms with Crippen molar-refractivity contribution < 1.29 is 17.9 Å². The molecular weight excluding hydrogens is 438 g/mol. The van der Waals surface area contributed by atoms with Crippen LogP contribution in [0.4, 0.5) is 0 Å². The molecule has 7 nitrogen and oxygen atoms in total. The second kappa shape index (κ2) is 10.7. The number of rotatable bonds is 9. The summed E-state index contributed by atoms with van der Waals surface area (Å²) in [6.07, 6.45) is 6.45. The van der Waals surface area contributed by atoms with Crippen molar-refractivity contribution in [3.63, 3.8) is 0 Å². The van der Waals surface area contributed by atoms with Gasteiger partial charge in [0, 0.05) is 39.6 Å². The summed E-state index contributed by atoms with van der Waals surface area (Å²) in [5.41, 5.74) is 1.82. The predicted molar refractivity (Wildman–Crippen MR) is 131 cm³/mol. The summed E-state index contributed by atoms with van der Waals surface area (Å²) < 4.78 is 32.9. The summed E-state index contributed by atoms with van der Waals surface area (Å²) >= 11 is 0. The van der Waals surface area contributed by atoms with Gasteiger partial charge in [0.2, 0.25) is 15.9 Å². The Morgan fingerprint density at radius 3 is 2.21 bits per heavy atom. The first-order valence-corrected chi connectivity index (χ1v) is 13.6. The van der Waals surface area contributed by atoms with Gasteiger partial charge in [-0.15, -0.1) is 0 Å². The van der Waals surface area contributed by atoms with Crippen LogP contribution in [0.2, 0.25) is 0 Å². The summed E-state index contributed by atoms with van der Waals surface area (Å²) in [5.74, 6) is 0.914. The van der Waals surface area contributed by atoms with E-state index >= 15 is 0 Å². The number of unbranched alkanes of at least 4 members (excludes halogenated alkanes) is 2. The molecule has 0 atom stereocenters. The Bertz CT molecular complexity index is 916. The standard InChI is InChI=1S/C25H41N3O4S/c1-20-17-22(32-5)18-21(2)24(20)33(30,31)27(4)13-8-6-7-9-23(29)28-15-11-25(12-16-28)10-14-26(3)19-25/h17-18H,6-16,19H2,1-5H3. The van der Waals surface area contributed by atoms with Crippen LogP contribution in [-0.4, -0.2) is 82.4 Å². The lowest BCUT2D eigenvalue weighted by Gasteiger charge is -2.39. The molecule has 3 rings (SSSR count). The normalized spacial score (nSPS) is 18.9. The SMILES string of the molecule is COc1cc(C)c(S(=O)(=O)N(C)CCCCCC(=O)N2CCC3(CCN(C)C3)CC2)c(C)c1. The van der Waals surface area contributed by atoms with E-state index in [0.29, 0.717) is 40.2 Å². The molecule has 0 unspecified atom stereocenters. The first-order chi connectivity index (χ1) is 15.6. The first-order valence-electron chi connectivity index (χ1n) is 12.2. The molecule has 2 fully saturated rings. The third-order valence-electron chi connectivity index (χ3n) is 7.51. The van der Waals surface area contributed by atoms with Gasteiger partial charge in [-0.05, 0) is 88.2 Å². The Morgan fingerprint density at radius 1 is 1.06 bits per heavy atom. The lowest BCUT2D eigenvalue weighted by Crippen LogP contribution is -2.44. The van der Waals surface area contributed by atoms with Crippen molar-refractivity contribution in [3.05, 3.63) is 23.3 Å². The number of hydrogen-bond donors (Lipinski definition) is 0. The number of carbonyl (C=O) groups excluding carboxylic acids is 1. The average molecular weight is 480 g/mol. The maximum absolute atomic E-state index is 13.1. The van der Waals surface area contributed by atoms with Gasteiger partial charge in [0.1, 0.15) is 5.75 Å². The topological polar surface area (TPSA) is 70.2 Å². The Labute approximate surface area is 200 Å². The molecule has 0 N–H and O–H groups in total. The van der Waals surface area contributed by atoms with Crippen molar-refractivity contribution in [1.29, 1.82) is 0 Å². The highest BCUT2D eigenvalue weighted by atomic mass is 32.2. The summed E-state index contributed by atoms with van der Waals surface area (Å²) in [4.78, 5) is 17.4. The zero-order valence-corrected chi connectivity index (χ0v) is 21.8. The van der Waals surface area contributed by atoms with E-state index in [2.05, 4.69) is 11.9 Å². The van der Waals surface area contributed by atoms with E-state index in [-0.39, 0.29) is 5.91 Å². The van der Waals surface area contributed by atoms with Crippen LogP contribution in [0.3, 0.4) is 0 Å². The van der Waals surface area contributed by atoms with Crippen LogP contribution in [0.15, 0.2) is 17.0 Å². The Hall–Kier alpha value is -1.64. The minimum absolute atomic E-state index is 0.252. The van der Waals surface area contributed by atoms with Crippen LogP contribution in [0.1, 0.15) is 56.1 Å². The Morgan fingerprint density at radius 2 is 1.67 bits per heavy atom. The van der Waals surface area contributed by atoms with Crippen LogP contribution in [0.5, 0.6) is 5.75 Å². The molecule has 2 aliphatic rings. The summed E-state index contributed by atoms with van der Waals surface area (Å²) in [6, 6.07) is 3.51. The van der Waals surface area contributed by atoms with Crippen LogP contribution in [0, 0.1) is 19.3 Å². The third-order valence-corrected chi connectivity index (χ3v) is 9.67. The molecule has 2 aliphatic heterocycles. The molecule has 2 heterocycles. The number of benzene rings is 1. The fourth-order valence-electron chi connectivity index (χ4n) is 5.45. The van der Waals surface area contributed by atoms with Crippen LogP contribution in [-0.2, 0) is 14.8 Å². The average Bonchev–Trinajstić information content (AvgIpc) is 3.12. The van der Waals surface area contributed by atoms with E-state index in [1.165, 1.54) is 23.8 Å². The molecular formula is C25H41N3O4S. The lowest BCUT2D eigenvalue weighted by atomic mass is 9.77. The smallest absolute Gasteiger partial charge is 0.243 e. The molecule has 1 aromatic carbocycles. The van der Waals surface area contributed by atoms with Gasteiger partial charge in [-0.3, -0.25) is 4.79 Å². The highest BCUT2D eigenvalue weighted by Gasteiger charge is 2.40. The Kier molecular flexibility index (Phi) is 8.45. The second-order valence-corrected chi connectivity index (χ2v) is 12.1. The number of amides is 1.